The summed E-state index contributed by atoms with van der Waals surface area (Å²) in [5.74, 6) is -1.98. The van der Waals surface area contributed by atoms with Crippen LogP contribution in [0.1, 0.15) is 32.1 Å². The van der Waals surface area contributed by atoms with E-state index in [1.54, 1.807) is 0 Å². The number of amides is 3. The van der Waals surface area contributed by atoms with Crippen molar-refractivity contribution >= 4 is 51.1 Å². The number of nitrogens with one attached hydrogen (secondary N) is 1. The van der Waals surface area contributed by atoms with Crippen molar-refractivity contribution in [1.29, 1.82) is 0 Å². The lowest BCUT2D eigenvalue weighted by Crippen LogP contribution is -2.51. The number of rotatable bonds is 7. The predicted octanol–water partition coefficient (Wildman–Crippen LogP) is 1.84. The monoisotopic (exact) mass is 459 g/mol. The molecule has 0 bridgehead atoms. The summed E-state index contributed by atoms with van der Waals surface area (Å²) in [6.45, 7) is 0. The quantitative estimate of drug-likeness (QED) is 0.618. The summed E-state index contributed by atoms with van der Waals surface area (Å²) in [6, 6.07) is 1.35. The lowest BCUT2D eigenvalue weighted by atomic mass is 9.81. The molecule has 158 valence electrons. The minimum Gasteiger partial charge on any atom is -0.274 e. The lowest BCUT2D eigenvalue weighted by Gasteiger charge is -2.25. The van der Waals surface area contributed by atoms with Gasteiger partial charge < -0.3 is 0 Å². The van der Waals surface area contributed by atoms with Crippen LogP contribution in [-0.2, 0) is 24.4 Å². The molecule has 2 heterocycles. The van der Waals surface area contributed by atoms with E-state index in [4.69, 9.17) is 11.6 Å². The average molecular weight is 460 g/mol. The van der Waals surface area contributed by atoms with E-state index < -0.39 is 33.8 Å². The number of fused-ring (bicyclic) bond motifs is 1. The Morgan fingerprint density at radius 1 is 1.28 bits per heavy atom. The van der Waals surface area contributed by atoms with Crippen molar-refractivity contribution in [3.8, 4) is 0 Å². The largest absolute Gasteiger partial charge is 0.281 e. The minimum absolute atomic E-state index is 0.174. The van der Waals surface area contributed by atoms with Crippen LogP contribution in [0.3, 0.4) is 0 Å². The Hall–Kier alpha value is -1.65. The fourth-order valence-electron chi connectivity index (χ4n) is 3.88. The van der Waals surface area contributed by atoms with Gasteiger partial charge in [-0.25, -0.2) is 9.71 Å². The van der Waals surface area contributed by atoms with Crippen molar-refractivity contribution in [2.45, 2.75) is 43.2 Å². The lowest BCUT2D eigenvalue weighted by molar-refractivity contribution is -0.147. The van der Waals surface area contributed by atoms with Crippen LogP contribution in [0.2, 0.25) is 5.02 Å². The maximum Gasteiger partial charge on any atom is 0.281 e. The SMILES string of the molecule is CSCCC(C(=O)NS(=O)(=O)c1ccc(Cl)cn1)N1C(=O)C2CCCCC2C1=O. The number of likely N-dealkylation sites (tertiary alicyclic amines) is 1. The number of imide groups is 1. The van der Waals surface area contributed by atoms with Crippen molar-refractivity contribution in [2.75, 3.05) is 12.0 Å². The first-order valence-corrected chi connectivity index (χ1v) is 12.6. The number of thioether (sulfide) groups is 1. The summed E-state index contributed by atoms with van der Waals surface area (Å²) in [6.07, 6.45) is 6.14. The summed E-state index contributed by atoms with van der Waals surface area (Å²) < 4.78 is 27.0. The Morgan fingerprint density at radius 3 is 2.41 bits per heavy atom. The normalized spacial score (nSPS) is 23.0. The number of halogens is 1. The van der Waals surface area contributed by atoms with Gasteiger partial charge in [0, 0.05) is 6.20 Å². The molecule has 1 saturated carbocycles. The highest BCUT2D eigenvalue weighted by molar-refractivity contribution is 7.98. The number of nitrogens with zero attached hydrogens (tertiary/aromatic N) is 2. The van der Waals surface area contributed by atoms with Crippen molar-refractivity contribution < 1.29 is 22.8 Å². The Morgan fingerprint density at radius 2 is 1.90 bits per heavy atom. The highest BCUT2D eigenvalue weighted by atomic mass is 35.5. The number of aromatic nitrogens is 1. The van der Waals surface area contributed by atoms with Crippen LogP contribution < -0.4 is 4.72 Å². The summed E-state index contributed by atoms with van der Waals surface area (Å²) in [7, 11) is -4.26. The molecular weight excluding hydrogens is 438 g/mol. The molecule has 1 aromatic heterocycles. The molecule has 2 aliphatic rings. The molecule has 3 rings (SSSR count). The van der Waals surface area contributed by atoms with Crippen LogP contribution in [0.25, 0.3) is 0 Å². The number of hydrogen-bond donors (Lipinski definition) is 1. The number of pyridine rings is 1. The summed E-state index contributed by atoms with van der Waals surface area (Å²) >= 11 is 7.17. The van der Waals surface area contributed by atoms with Gasteiger partial charge in [-0.3, -0.25) is 19.3 Å². The van der Waals surface area contributed by atoms with Crippen LogP contribution in [-0.4, -0.2) is 54.1 Å². The standard InChI is InChI=1S/C18H22ClN3O5S2/c1-28-9-8-14(22-17(24)12-4-2-3-5-13(12)18(22)25)16(23)21-29(26,27)15-7-6-11(19)10-20-15/h6-7,10,12-14H,2-5,8-9H2,1H3,(H,21,23). The average Bonchev–Trinajstić information content (AvgIpc) is 2.94. The third kappa shape index (κ3) is 4.59. The highest BCUT2D eigenvalue weighted by Gasteiger charge is 2.52. The first-order chi connectivity index (χ1) is 13.8. The molecule has 3 amide bonds. The molecule has 29 heavy (non-hydrogen) atoms. The molecular formula is C18H22ClN3O5S2. The molecule has 1 aromatic rings. The number of carbonyl (C=O) groups is 3. The van der Waals surface area contributed by atoms with Crippen LogP contribution in [0.15, 0.2) is 23.4 Å². The third-order valence-corrected chi connectivity index (χ3v) is 7.43. The second kappa shape index (κ2) is 9.01. The second-order valence-corrected chi connectivity index (χ2v) is 10.2. The maximum atomic E-state index is 12.9. The second-order valence-electron chi connectivity index (χ2n) is 7.13. The molecule has 1 aliphatic heterocycles. The Bertz CT molecular complexity index is 883. The number of sulfonamides is 1. The zero-order valence-electron chi connectivity index (χ0n) is 15.8. The molecule has 3 unspecified atom stereocenters. The molecule has 0 aromatic carbocycles. The van der Waals surface area contributed by atoms with E-state index >= 15 is 0 Å². The van der Waals surface area contributed by atoms with Crippen molar-refractivity contribution in [2.24, 2.45) is 11.8 Å². The van der Waals surface area contributed by atoms with Gasteiger partial charge in [0.25, 0.3) is 15.9 Å². The van der Waals surface area contributed by atoms with E-state index in [1.165, 1.54) is 23.9 Å². The smallest absolute Gasteiger partial charge is 0.274 e. The van der Waals surface area contributed by atoms with E-state index in [-0.39, 0.29) is 28.3 Å². The molecule has 2 fully saturated rings. The van der Waals surface area contributed by atoms with Gasteiger partial charge in [-0.1, -0.05) is 24.4 Å². The Kier molecular flexibility index (Phi) is 6.85. The fraction of sp³-hybridized carbons (Fsp3) is 0.556. The van der Waals surface area contributed by atoms with E-state index in [9.17, 15) is 22.8 Å². The van der Waals surface area contributed by atoms with Crippen molar-refractivity contribution in [3.05, 3.63) is 23.4 Å². The Balaban J connectivity index is 1.84. The van der Waals surface area contributed by atoms with Crippen LogP contribution in [0, 0.1) is 11.8 Å². The zero-order valence-corrected chi connectivity index (χ0v) is 18.2. The Labute approximate surface area is 178 Å². The topological polar surface area (TPSA) is 114 Å². The number of carbonyl (C=O) groups excluding carboxylic acids is 3. The maximum absolute atomic E-state index is 12.9. The first kappa shape index (κ1) is 22.0. The third-order valence-electron chi connectivity index (χ3n) is 5.30. The molecule has 0 spiro atoms. The van der Waals surface area contributed by atoms with Gasteiger partial charge in [0.2, 0.25) is 11.8 Å². The molecule has 0 radical (unpaired) electrons. The van der Waals surface area contributed by atoms with E-state index in [0.29, 0.717) is 18.6 Å². The van der Waals surface area contributed by atoms with Gasteiger partial charge in [-0.05, 0) is 43.4 Å². The molecule has 1 N–H and O–H groups in total. The fourth-order valence-corrected chi connectivity index (χ4v) is 5.39. The van der Waals surface area contributed by atoms with Gasteiger partial charge >= 0.3 is 0 Å². The van der Waals surface area contributed by atoms with Crippen molar-refractivity contribution in [3.63, 3.8) is 0 Å². The van der Waals surface area contributed by atoms with Crippen LogP contribution in [0.5, 0.6) is 0 Å². The minimum atomic E-state index is -4.26. The van der Waals surface area contributed by atoms with Gasteiger partial charge in [-0.2, -0.15) is 20.2 Å². The first-order valence-electron chi connectivity index (χ1n) is 9.30. The van der Waals surface area contributed by atoms with Crippen LogP contribution >= 0.6 is 23.4 Å². The molecule has 1 saturated heterocycles. The highest BCUT2D eigenvalue weighted by Crippen LogP contribution is 2.39. The van der Waals surface area contributed by atoms with Crippen molar-refractivity contribution in [1.82, 2.24) is 14.6 Å². The van der Waals surface area contributed by atoms with E-state index in [2.05, 4.69) is 4.98 Å². The van der Waals surface area contributed by atoms with E-state index in [0.717, 1.165) is 23.9 Å². The van der Waals surface area contributed by atoms with E-state index in [1.807, 2.05) is 11.0 Å². The van der Waals surface area contributed by atoms with Gasteiger partial charge in [0.15, 0.2) is 5.03 Å². The number of hydrogen-bond acceptors (Lipinski definition) is 7. The summed E-state index contributed by atoms with van der Waals surface area (Å²) in [4.78, 5) is 43.4. The molecule has 11 heteroatoms. The van der Waals surface area contributed by atoms with Gasteiger partial charge in [0.1, 0.15) is 6.04 Å². The predicted molar refractivity (Wildman–Crippen MR) is 109 cm³/mol. The van der Waals surface area contributed by atoms with Crippen LogP contribution in [0.4, 0.5) is 0 Å². The molecule has 1 aliphatic carbocycles. The molecule has 8 nitrogen and oxygen atoms in total. The van der Waals surface area contributed by atoms with Gasteiger partial charge in [-0.15, -0.1) is 0 Å². The zero-order chi connectivity index (χ0) is 21.2. The molecule has 3 atom stereocenters. The van der Waals surface area contributed by atoms with Gasteiger partial charge in [0.05, 0.1) is 16.9 Å². The summed E-state index contributed by atoms with van der Waals surface area (Å²) in [5.41, 5.74) is 0. The summed E-state index contributed by atoms with van der Waals surface area (Å²) in [5, 5.41) is -0.115.